The topological polar surface area (TPSA) is 77.2 Å². The Hall–Kier alpha value is -3.22. The van der Waals surface area contributed by atoms with Gasteiger partial charge in [-0.3, -0.25) is 0 Å². The van der Waals surface area contributed by atoms with Crippen LogP contribution in [0.2, 0.25) is 0 Å². The quantitative estimate of drug-likeness (QED) is 0.715. The first-order chi connectivity index (χ1) is 12.1. The number of anilines is 1. The molecule has 0 saturated carbocycles. The second-order valence-corrected chi connectivity index (χ2v) is 5.42. The van der Waals surface area contributed by atoms with E-state index in [1.165, 1.54) is 25.3 Å². The van der Waals surface area contributed by atoms with Gasteiger partial charge in [-0.2, -0.15) is 4.98 Å². The Kier molecular flexibility index (Phi) is 4.74. The summed E-state index contributed by atoms with van der Waals surface area (Å²) in [6.07, 6.45) is 0. The molecule has 3 rings (SSSR count). The Morgan fingerprint density at radius 2 is 2.00 bits per heavy atom. The molecule has 3 aromatic rings. The van der Waals surface area contributed by atoms with Crippen LogP contribution in [0, 0.1) is 12.7 Å². The molecule has 0 bridgehead atoms. The van der Waals surface area contributed by atoms with Crippen molar-refractivity contribution in [2.45, 2.75) is 13.5 Å². The van der Waals surface area contributed by atoms with Crippen LogP contribution in [0.15, 0.2) is 47.0 Å². The van der Waals surface area contributed by atoms with Crippen LogP contribution >= 0.6 is 0 Å². The highest BCUT2D eigenvalue weighted by molar-refractivity contribution is 5.90. The van der Waals surface area contributed by atoms with E-state index in [1.807, 2.05) is 31.2 Å². The molecule has 0 aliphatic carbocycles. The van der Waals surface area contributed by atoms with E-state index < -0.39 is 11.8 Å². The Morgan fingerprint density at radius 3 is 2.72 bits per heavy atom. The van der Waals surface area contributed by atoms with E-state index in [1.54, 1.807) is 0 Å². The maximum atomic E-state index is 13.9. The van der Waals surface area contributed by atoms with Crippen LogP contribution in [-0.4, -0.2) is 23.2 Å². The standard InChI is InChI=1S/C18H16FN3O3/c1-11-3-5-12(6-4-11)17-21-16(25-22-17)10-20-15-9-13(18(23)24-2)7-8-14(15)19/h3-9,20H,10H2,1-2H3. The Morgan fingerprint density at radius 1 is 1.24 bits per heavy atom. The van der Waals surface area contributed by atoms with Crippen LogP contribution in [0.5, 0.6) is 0 Å². The lowest BCUT2D eigenvalue weighted by Gasteiger charge is -2.07. The van der Waals surface area contributed by atoms with Gasteiger partial charge in [0.25, 0.3) is 0 Å². The Labute approximate surface area is 143 Å². The molecule has 0 atom stereocenters. The zero-order chi connectivity index (χ0) is 17.8. The first kappa shape index (κ1) is 16.6. The SMILES string of the molecule is COC(=O)c1ccc(F)c(NCc2nc(-c3ccc(C)cc3)no2)c1. The molecule has 0 aliphatic heterocycles. The monoisotopic (exact) mass is 341 g/mol. The minimum Gasteiger partial charge on any atom is -0.465 e. The second kappa shape index (κ2) is 7.12. The molecule has 25 heavy (non-hydrogen) atoms. The van der Waals surface area contributed by atoms with E-state index in [-0.39, 0.29) is 17.8 Å². The van der Waals surface area contributed by atoms with Crippen molar-refractivity contribution in [1.29, 1.82) is 0 Å². The zero-order valence-corrected chi connectivity index (χ0v) is 13.7. The van der Waals surface area contributed by atoms with E-state index >= 15 is 0 Å². The summed E-state index contributed by atoms with van der Waals surface area (Å²) < 4.78 is 23.7. The first-order valence-corrected chi connectivity index (χ1v) is 7.58. The summed E-state index contributed by atoms with van der Waals surface area (Å²) in [7, 11) is 1.27. The molecule has 6 nitrogen and oxygen atoms in total. The number of carbonyl (C=O) groups excluding carboxylic acids is 1. The van der Waals surface area contributed by atoms with Crippen molar-refractivity contribution in [3.63, 3.8) is 0 Å². The van der Waals surface area contributed by atoms with Crippen molar-refractivity contribution in [3.8, 4) is 11.4 Å². The van der Waals surface area contributed by atoms with Crippen LogP contribution in [0.4, 0.5) is 10.1 Å². The van der Waals surface area contributed by atoms with E-state index in [9.17, 15) is 9.18 Å². The molecule has 1 aromatic heterocycles. The third-order valence-electron chi connectivity index (χ3n) is 3.60. The average Bonchev–Trinajstić information content (AvgIpc) is 3.10. The van der Waals surface area contributed by atoms with Gasteiger partial charge in [0.1, 0.15) is 5.82 Å². The Bertz CT molecular complexity index is 891. The fourth-order valence-corrected chi connectivity index (χ4v) is 2.22. The van der Waals surface area contributed by atoms with E-state index in [0.717, 1.165) is 11.1 Å². The third kappa shape index (κ3) is 3.82. The highest BCUT2D eigenvalue weighted by atomic mass is 19.1. The number of esters is 1. The van der Waals surface area contributed by atoms with Crippen LogP contribution in [-0.2, 0) is 11.3 Å². The third-order valence-corrected chi connectivity index (χ3v) is 3.60. The molecule has 0 saturated heterocycles. The summed E-state index contributed by atoms with van der Waals surface area (Å²) in [5.41, 5.74) is 2.37. The molecular formula is C18H16FN3O3. The second-order valence-electron chi connectivity index (χ2n) is 5.42. The number of methoxy groups -OCH3 is 1. The largest absolute Gasteiger partial charge is 0.465 e. The van der Waals surface area contributed by atoms with Gasteiger partial charge in [0.05, 0.1) is 24.9 Å². The van der Waals surface area contributed by atoms with E-state index in [2.05, 4.69) is 20.2 Å². The number of benzene rings is 2. The van der Waals surface area contributed by atoms with Crippen molar-refractivity contribution < 1.29 is 18.4 Å². The van der Waals surface area contributed by atoms with Gasteiger partial charge in [0, 0.05) is 5.56 Å². The summed E-state index contributed by atoms with van der Waals surface area (Å²) in [5.74, 6) is -0.271. The number of aryl methyl sites for hydroxylation is 1. The van der Waals surface area contributed by atoms with E-state index in [0.29, 0.717) is 11.7 Å². The van der Waals surface area contributed by atoms with Crippen molar-refractivity contribution in [2.24, 2.45) is 0 Å². The maximum Gasteiger partial charge on any atom is 0.337 e. The van der Waals surface area contributed by atoms with Crippen LogP contribution in [0.1, 0.15) is 21.8 Å². The number of rotatable bonds is 5. The summed E-state index contributed by atoms with van der Waals surface area (Å²) >= 11 is 0. The lowest BCUT2D eigenvalue weighted by atomic mass is 10.1. The van der Waals surface area contributed by atoms with Gasteiger partial charge in [-0.25, -0.2) is 9.18 Å². The molecule has 0 spiro atoms. The Balaban J connectivity index is 1.72. The average molecular weight is 341 g/mol. The molecular weight excluding hydrogens is 325 g/mol. The van der Waals surface area contributed by atoms with Gasteiger partial charge in [0.2, 0.25) is 11.7 Å². The number of nitrogens with one attached hydrogen (secondary N) is 1. The lowest BCUT2D eigenvalue weighted by molar-refractivity contribution is 0.0600. The van der Waals surface area contributed by atoms with Crippen LogP contribution in [0.25, 0.3) is 11.4 Å². The predicted molar refractivity (Wildman–Crippen MR) is 89.5 cm³/mol. The van der Waals surface area contributed by atoms with Gasteiger partial charge < -0.3 is 14.6 Å². The molecule has 1 heterocycles. The van der Waals surface area contributed by atoms with Gasteiger partial charge in [-0.1, -0.05) is 35.0 Å². The van der Waals surface area contributed by atoms with Gasteiger partial charge in [-0.05, 0) is 25.1 Å². The minimum atomic E-state index is -0.539. The number of nitrogens with zero attached hydrogens (tertiary/aromatic N) is 2. The van der Waals surface area contributed by atoms with Crippen molar-refractivity contribution in [2.75, 3.05) is 12.4 Å². The number of hydrogen-bond donors (Lipinski definition) is 1. The smallest absolute Gasteiger partial charge is 0.337 e. The number of halogens is 1. The molecule has 7 heteroatoms. The fourth-order valence-electron chi connectivity index (χ4n) is 2.22. The molecule has 0 unspecified atom stereocenters. The number of aromatic nitrogens is 2. The van der Waals surface area contributed by atoms with Crippen molar-refractivity contribution in [1.82, 2.24) is 10.1 Å². The molecule has 2 aromatic carbocycles. The van der Waals surface area contributed by atoms with Crippen LogP contribution < -0.4 is 5.32 Å². The molecule has 1 N–H and O–H groups in total. The predicted octanol–water partition coefficient (Wildman–Crippen LogP) is 3.58. The van der Waals surface area contributed by atoms with Crippen molar-refractivity contribution in [3.05, 3.63) is 65.3 Å². The summed E-state index contributed by atoms with van der Waals surface area (Å²) in [6, 6.07) is 11.6. The van der Waals surface area contributed by atoms with Crippen LogP contribution in [0.3, 0.4) is 0 Å². The lowest BCUT2D eigenvalue weighted by Crippen LogP contribution is -2.06. The summed E-state index contributed by atoms with van der Waals surface area (Å²) in [6.45, 7) is 2.12. The van der Waals surface area contributed by atoms with Crippen molar-refractivity contribution >= 4 is 11.7 Å². The molecule has 0 aliphatic rings. The first-order valence-electron chi connectivity index (χ1n) is 7.58. The normalized spacial score (nSPS) is 10.5. The number of hydrogen-bond acceptors (Lipinski definition) is 6. The highest BCUT2D eigenvalue weighted by Crippen LogP contribution is 2.19. The molecule has 128 valence electrons. The molecule has 0 amide bonds. The maximum absolute atomic E-state index is 13.9. The fraction of sp³-hybridized carbons (Fsp3) is 0.167. The molecule has 0 radical (unpaired) electrons. The summed E-state index contributed by atoms with van der Waals surface area (Å²) in [4.78, 5) is 15.8. The van der Waals surface area contributed by atoms with Gasteiger partial charge in [-0.15, -0.1) is 0 Å². The number of ether oxygens (including phenoxy) is 1. The van der Waals surface area contributed by atoms with Gasteiger partial charge in [0.15, 0.2) is 0 Å². The highest BCUT2D eigenvalue weighted by Gasteiger charge is 2.12. The van der Waals surface area contributed by atoms with Gasteiger partial charge >= 0.3 is 5.97 Å². The minimum absolute atomic E-state index is 0.125. The zero-order valence-electron chi connectivity index (χ0n) is 13.7. The van der Waals surface area contributed by atoms with E-state index in [4.69, 9.17) is 4.52 Å². The number of carbonyl (C=O) groups is 1. The molecule has 0 fully saturated rings. The summed E-state index contributed by atoms with van der Waals surface area (Å²) in [5, 5.41) is 6.76.